The van der Waals surface area contributed by atoms with Crippen molar-refractivity contribution >= 4 is 21.6 Å². The second-order valence-corrected chi connectivity index (χ2v) is 10.1. The van der Waals surface area contributed by atoms with E-state index >= 15 is 0 Å². The van der Waals surface area contributed by atoms with Gasteiger partial charge in [-0.1, -0.05) is 26.0 Å². The molecule has 0 atom stereocenters. The average Bonchev–Trinajstić information content (AvgIpc) is 2.65. The predicted octanol–water partition coefficient (Wildman–Crippen LogP) is 3.51. The molecule has 1 aliphatic carbocycles. The van der Waals surface area contributed by atoms with E-state index in [1.807, 2.05) is 12.1 Å². The molecule has 6 nitrogen and oxygen atoms in total. The van der Waals surface area contributed by atoms with E-state index in [4.69, 9.17) is 4.74 Å². The molecule has 0 heterocycles. The van der Waals surface area contributed by atoms with Gasteiger partial charge in [0, 0.05) is 6.54 Å². The number of fused-ring (bicyclic) bond motifs is 1. The van der Waals surface area contributed by atoms with Gasteiger partial charge in [0.05, 0.1) is 11.9 Å². The van der Waals surface area contributed by atoms with E-state index in [2.05, 4.69) is 30.0 Å². The average molecular weight is 435 g/mol. The van der Waals surface area contributed by atoms with E-state index in [1.54, 1.807) is 6.07 Å². The number of aryl methyl sites for hydroxylation is 1. The number of benzene rings is 2. The summed E-state index contributed by atoms with van der Waals surface area (Å²) in [5.41, 5.74) is 3.14. The summed E-state index contributed by atoms with van der Waals surface area (Å²) in [6, 6.07) is 10.0. The Morgan fingerprint density at radius 1 is 1.20 bits per heavy atom. The third-order valence-electron chi connectivity index (χ3n) is 5.24. The number of hydrogen-bond donors (Lipinski definition) is 2. The van der Waals surface area contributed by atoms with Crippen molar-refractivity contribution in [1.29, 1.82) is 0 Å². The monoisotopic (exact) mass is 434 g/mol. The fraction of sp³-hybridized carbons (Fsp3) is 0.409. The molecule has 162 valence electrons. The SMILES string of the molecule is CC1(C)CCCc2cc(OCC(=O)NCc3ccc(NS(C)(=O)=O)c(F)c3)ccc21. The number of nitrogens with one attached hydrogen (secondary N) is 2. The van der Waals surface area contributed by atoms with Crippen LogP contribution in [-0.2, 0) is 33.2 Å². The zero-order valence-electron chi connectivity index (χ0n) is 17.4. The Balaban J connectivity index is 1.53. The molecule has 3 rings (SSSR count). The van der Waals surface area contributed by atoms with Crippen LogP contribution in [0.1, 0.15) is 43.4 Å². The first-order valence-corrected chi connectivity index (χ1v) is 11.7. The van der Waals surface area contributed by atoms with Gasteiger partial charge in [-0.15, -0.1) is 0 Å². The number of halogens is 1. The Morgan fingerprint density at radius 2 is 1.97 bits per heavy atom. The van der Waals surface area contributed by atoms with Crippen LogP contribution < -0.4 is 14.8 Å². The first-order valence-electron chi connectivity index (χ1n) is 9.83. The number of amides is 1. The molecule has 1 amide bonds. The number of hydrogen-bond acceptors (Lipinski definition) is 4. The van der Waals surface area contributed by atoms with Gasteiger partial charge in [0.2, 0.25) is 10.0 Å². The first-order chi connectivity index (χ1) is 14.0. The molecule has 0 bridgehead atoms. The molecule has 2 aromatic carbocycles. The largest absolute Gasteiger partial charge is 0.484 e. The molecule has 2 aromatic rings. The highest BCUT2D eigenvalue weighted by Crippen LogP contribution is 2.38. The van der Waals surface area contributed by atoms with Gasteiger partial charge in [-0.05, 0) is 65.6 Å². The lowest BCUT2D eigenvalue weighted by Crippen LogP contribution is -2.28. The highest BCUT2D eigenvalue weighted by Gasteiger charge is 2.27. The third kappa shape index (κ3) is 5.72. The van der Waals surface area contributed by atoms with Gasteiger partial charge in [0.15, 0.2) is 6.61 Å². The molecule has 0 aliphatic heterocycles. The van der Waals surface area contributed by atoms with Crippen molar-refractivity contribution in [2.75, 3.05) is 17.6 Å². The topological polar surface area (TPSA) is 84.5 Å². The number of rotatable bonds is 7. The lowest BCUT2D eigenvalue weighted by Gasteiger charge is -2.32. The molecule has 0 fully saturated rings. The van der Waals surface area contributed by atoms with Crippen LogP contribution in [0.2, 0.25) is 0 Å². The minimum atomic E-state index is -3.56. The van der Waals surface area contributed by atoms with E-state index < -0.39 is 15.8 Å². The number of sulfonamides is 1. The van der Waals surface area contributed by atoms with Gasteiger partial charge in [-0.2, -0.15) is 0 Å². The summed E-state index contributed by atoms with van der Waals surface area (Å²) in [5, 5.41) is 2.67. The standard InChI is InChI=1S/C22H27FN2O4S/c1-22(2)10-4-5-16-12-17(7-8-18(16)22)29-14-21(26)24-13-15-6-9-20(19(23)11-15)25-30(3,27)28/h6-9,11-12,25H,4-5,10,13-14H2,1-3H3,(H,24,26). The molecule has 0 unspecified atom stereocenters. The number of ether oxygens (including phenoxy) is 1. The molecule has 2 N–H and O–H groups in total. The van der Waals surface area contributed by atoms with Crippen LogP contribution in [0.3, 0.4) is 0 Å². The molecule has 30 heavy (non-hydrogen) atoms. The van der Waals surface area contributed by atoms with Gasteiger partial charge in [0.25, 0.3) is 5.91 Å². The highest BCUT2D eigenvalue weighted by atomic mass is 32.2. The molecular weight excluding hydrogens is 407 g/mol. The summed E-state index contributed by atoms with van der Waals surface area (Å²) >= 11 is 0. The summed E-state index contributed by atoms with van der Waals surface area (Å²) in [6.07, 6.45) is 4.26. The minimum Gasteiger partial charge on any atom is -0.484 e. The lowest BCUT2D eigenvalue weighted by atomic mass is 9.73. The second-order valence-electron chi connectivity index (χ2n) is 8.31. The predicted molar refractivity (Wildman–Crippen MR) is 115 cm³/mol. The first kappa shape index (κ1) is 22.1. The van der Waals surface area contributed by atoms with E-state index in [0.717, 1.165) is 25.5 Å². The molecule has 0 radical (unpaired) electrons. The van der Waals surface area contributed by atoms with Crippen molar-refractivity contribution in [3.63, 3.8) is 0 Å². The molecule has 0 aromatic heterocycles. The van der Waals surface area contributed by atoms with Gasteiger partial charge in [-0.3, -0.25) is 9.52 Å². The molecule has 0 spiro atoms. The Bertz CT molecular complexity index is 1050. The van der Waals surface area contributed by atoms with E-state index in [-0.39, 0.29) is 30.2 Å². The van der Waals surface area contributed by atoms with Crippen LogP contribution in [0.4, 0.5) is 10.1 Å². The van der Waals surface area contributed by atoms with Crippen LogP contribution in [0, 0.1) is 5.82 Å². The summed E-state index contributed by atoms with van der Waals surface area (Å²) in [7, 11) is -3.56. The fourth-order valence-electron chi connectivity index (χ4n) is 3.73. The summed E-state index contributed by atoms with van der Waals surface area (Å²) in [4.78, 5) is 12.1. The zero-order chi connectivity index (χ0) is 21.9. The van der Waals surface area contributed by atoms with Gasteiger partial charge in [-0.25, -0.2) is 12.8 Å². The Labute approximate surface area is 176 Å². The lowest BCUT2D eigenvalue weighted by molar-refractivity contribution is -0.123. The third-order valence-corrected chi connectivity index (χ3v) is 5.83. The highest BCUT2D eigenvalue weighted by molar-refractivity contribution is 7.92. The Hall–Kier alpha value is -2.61. The van der Waals surface area contributed by atoms with Crippen molar-refractivity contribution < 1.29 is 22.3 Å². The Morgan fingerprint density at radius 3 is 2.67 bits per heavy atom. The maximum Gasteiger partial charge on any atom is 0.258 e. The molecule has 0 saturated carbocycles. The van der Waals surface area contributed by atoms with Crippen LogP contribution in [0.5, 0.6) is 5.75 Å². The maximum atomic E-state index is 14.0. The van der Waals surface area contributed by atoms with E-state index in [9.17, 15) is 17.6 Å². The normalized spacial score (nSPS) is 15.2. The fourth-order valence-corrected chi connectivity index (χ4v) is 4.30. The zero-order valence-corrected chi connectivity index (χ0v) is 18.2. The molecule has 0 saturated heterocycles. The number of carbonyl (C=O) groups is 1. The Kier molecular flexibility index (Phi) is 6.36. The van der Waals surface area contributed by atoms with Crippen LogP contribution >= 0.6 is 0 Å². The minimum absolute atomic E-state index is 0.108. The maximum absolute atomic E-state index is 14.0. The molecule has 1 aliphatic rings. The van der Waals surface area contributed by atoms with Crippen molar-refractivity contribution in [3.05, 3.63) is 58.9 Å². The van der Waals surface area contributed by atoms with Crippen molar-refractivity contribution in [1.82, 2.24) is 5.32 Å². The van der Waals surface area contributed by atoms with Gasteiger partial charge >= 0.3 is 0 Å². The summed E-state index contributed by atoms with van der Waals surface area (Å²) in [6.45, 7) is 4.45. The summed E-state index contributed by atoms with van der Waals surface area (Å²) < 4.78 is 44.1. The van der Waals surface area contributed by atoms with Gasteiger partial charge in [0.1, 0.15) is 11.6 Å². The van der Waals surface area contributed by atoms with E-state index in [1.165, 1.54) is 23.3 Å². The van der Waals surface area contributed by atoms with Gasteiger partial charge < -0.3 is 10.1 Å². The quantitative estimate of drug-likeness (QED) is 0.699. The summed E-state index contributed by atoms with van der Waals surface area (Å²) in [5.74, 6) is -0.379. The smallest absolute Gasteiger partial charge is 0.258 e. The van der Waals surface area contributed by atoms with Crippen molar-refractivity contribution in [2.45, 2.75) is 45.1 Å². The molecule has 8 heteroatoms. The molecular formula is C22H27FN2O4S. The number of carbonyl (C=O) groups excluding carboxylic acids is 1. The second kappa shape index (κ2) is 8.63. The van der Waals surface area contributed by atoms with Crippen LogP contribution in [-0.4, -0.2) is 27.2 Å². The van der Waals surface area contributed by atoms with Crippen molar-refractivity contribution in [2.24, 2.45) is 0 Å². The van der Waals surface area contributed by atoms with Crippen LogP contribution in [0.25, 0.3) is 0 Å². The van der Waals surface area contributed by atoms with Crippen LogP contribution in [0.15, 0.2) is 36.4 Å². The van der Waals surface area contributed by atoms with Crippen molar-refractivity contribution in [3.8, 4) is 5.75 Å². The van der Waals surface area contributed by atoms with E-state index in [0.29, 0.717) is 11.3 Å². The number of anilines is 1.